The van der Waals surface area contributed by atoms with Gasteiger partial charge in [-0.1, -0.05) is 46.2 Å². The lowest BCUT2D eigenvalue weighted by Gasteiger charge is -2.43. The zero-order chi connectivity index (χ0) is 26.8. The van der Waals surface area contributed by atoms with Gasteiger partial charge in [0, 0.05) is 27.4 Å². The van der Waals surface area contributed by atoms with Crippen molar-refractivity contribution in [2.75, 3.05) is 4.90 Å². The number of nitriles is 1. The zero-order valence-electron chi connectivity index (χ0n) is 20.7. The number of ketones is 1. The highest BCUT2D eigenvalue weighted by atomic mass is 35.5. The van der Waals surface area contributed by atoms with E-state index in [2.05, 4.69) is 26.8 Å². The Kier molecular flexibility index (Phi) is 6.34. The van der Waals surface area contributed by atoms with E-state index in [9.17, 15) is 23.2 Å². The Morgan fingerprint density at radius 1 is 1.17 bits per heavy atom. The molecule has 0 amide bonds. The van der Waals surface area contributed by atoms with Crippen LogP contribution in [0.5, 0.6) is 0 Å². The number of rotatable bonds is 2. The smallest absolute Gasteiger partial charge is 0.384 e. The van der Waals surface area contributed by atoms with Crippen LogP contribution in [0.4, 0.5) is 18.9 Å². The lowest BCUT2D eigenvalue weighted by molar-refractivity contribution is -0.137. The topological polar surface area (TPSA) is 70.1 Å². The van der Waals surface area contributed by atoms with Crippen LogP contribution in [0, 0.1) is 16.7 Å². The molecule has 2 aromatic rings. The predicted molar refractivity (Wildman–Crippen MR) is 137 cm³/mol. The van der Waals surface area contributed by atoms with E-state index in [4.69, 9.17) is 17.3 Å². The Morgan fingerprint density at radius 2 is 1.83 bits per heavy atom. The van der Waals surface area contributed by atoms with Gasteiger partial charge >= 0.3 is 6.18 Å². The van der Waals surface area contributed by atoms with E-state index >= 15 is 0 Å². The molecule has 0 saturated heterocycles. The maximum absolute atomic E-state index is 13.6. The summed E-state index contributed by atoms with van der Waals surface area (Å²) in [5.74, 6) is -0.848. The second kappa shape index (κ2) is 8.67. The first kappa shape index (κ1) is 26.3. The van der Waals surface area contributed by atoms with Crippen molar-refractivity contribution in [2.24, 2.45) is 11.1 Å². The number of benzene rings is 1. The summed E-state index contributed by atoms with van der Waals surface area (Å²) in [5, 5.41) is 10.2. The quantitative estimate of drug-likeness (QED) is 0.430. The molecule has 0 radical (unpaired) electrons. The van der Waals surface area contributed by atoms with Crippen LogP contribution in [-0.4, -0.2) is 5.78 Å². The van der Waals surface area contributed by atoms with Crippen LogP contribution in [0.15, 0.2) is 53.0 Å². The van der Waals surface area contributed by atoms with Crippen molar-refractivity contribution in [1.29, 1.82) is 5.26 Å². The molecule has 2 heterocycles. The van der Waals surface area contributed by atoms with Crippen LogP contribution in [0.3, 0.4) is 0 Å². The fraction of sp³-hybridized carbons (Fsp3) is 0.407. The molecule has 0 unspecified atom stereocenters. The van der Waals surface area contributed by atoms with Gasteiger partial charge in [0.05, 0.1) is 33.8 Å². The minimum absolute atomic E-state index is 0.00486. The molecule has 4 rings (SSSR count). The van der Waals surface area contributed by atoms with Gasteiger partial charge in [0.25, 0.3) is 0 Å². The van der Waals surface area contributed by atoms with Gasteiger partial charge in [-0.3, -0.25) is 9.69 Å². The fourth-order valence-electron chi connectivity index (χ4n) is 4.84. The number of halogens is 4. The Morgan fingerprint density at radius 3 is 2.39 bits per heavy atom. The summed E-state index contributed by atoms with van der Waals surface area (Å²) < 4.78 is 40.8. The van der Waals surface area contributed by atoms with Gasteiger partial charge in [0.1, 0.15) is 5.82 Å². The van der Waals surface area contributed by atoms with Gasteiger partial charge in [0.15, 0.2) is 5.78 Å². The van der Waals surface area contributed by atoms with Crippen molar-refractivity contribution in [3.05, 3.63) is 73.3 Å². The van der Waals surface area contributed by atoms with Crippen LogP contribution in [-0.2, 0) is 16.4 Å². The molecule has 9 heteroatoms. The van der Waals surface area contributed by atoms with Crippen LogP contribution in [0.1, 0.15) is 68.7 Å². The van der Waals surface area contributed by atoms with Crippen molar-refractivity contribution in [3.8, 4) is 6.07 Å². The Labute approximate surface area is 217 Å². The zero-order valence-corrected chi connectivity index (χ0v) is 22.3. The average Bonchev–Trinajstić information content (AvgIpc) is 3.22. The molecular formula is C27H27ClF3N3OS. The highest BCUT2D eigenvalue weighted by Crippen LogP contribution is 2.52. The molecule has 1 aromatic heterocycles. The third-order valence-electron chi connectivity index (χ3n) is 6.55. The Hall–Kier alpha value is -2.76. The number of hydrogen-bond acceptors (Lipinski definition) is 5. The van der Waals surface area contributed by atoms with Gasteiger partial charge in [-0.05, 0) is 47.6 Å². The monoisotopic (exact) mass is 533 g/mol. The number of nitrogens with zero attached hydrogens (tertiary/aromatic N) is 2. The number of alkyl halides is 3. The molecule has 0 bridgehead atoms. The van der Waals surface area contributed by atoms with E-state index in [1.54, 1.807) is 0 Å². The summed E-state index contributed by atoms with van der Waals surface area (Å²) in [6.45, 7) is 10.1. The van der Waals surface area contributed by atoms with Gasteiger partial charge in [-0.2, -0.15) is 18.4 Å². The lowest BCUT2D eigenvalue weighted by Crippen LogP contribution is -2.42. The number of carbonyl (C=O) groups excluding carboxylic acids is 1. The highest BCUT2D eigenvalue weighted by molar-refractivity contribution is 7.12. The number of Topliss-reactive ketones (excluding diaryl/α,β-unsaturated/α-hetero) is 1. The molecule has 1 atom stereocenters. The molecule has 1 aliphatic carbocycles. The van der Waals surface area contributed by atoms with Crippen molar-refractivity contribution >= 4 is 34.4 Å². The second-order valence-electron chi connectivity index (χ2n) is 11.1. The first-order chi connectivity index (χ1) is 16.5. The van der Waals surface area contributed by atoms with Gasteiger partial charge in [-0.15, -0.1) is 11.3 Å². The van der Waals surface area contributed by atoms with Crippen LogP contribution < -0.4 is 10.6 Å². The van der Waals surface area contributed by atoms with E-state index < -0.39 is 23.1 Å². The SMILES string of the molecule is CC1(C)CC(=O)C2=C(C1)N(c1cc(C(F)(F)F)ccc1Cl)C(N)=C(C#N)[C@@H]2c1ccc(C(C)(C)C)s1. The summed E-state index contributed by atoms with van der Waals surface area (Å²) in [5.41, 5.74) is 6.08. The number of hydrogen-bond donors (Lipinski definition) is 1. The first-order valence-corrected chi connectivity index (χ1v) is 12.7. The third-order valence-corrected chi connectivity index (χ3v) is 8.44. The van der Waals surface area contributed by atoms with Crippen LogP contribution in [0.25, 0.3) is 0 Å². The second-order valence-corrected chi connectivity index (χ2v) is 12.6. The summed E-state index contributed by atoms with van der Waals surface area (Å²) in [7, 11) is 0. The molecule has 4 nitrogen and oxygen atoms in total. The molecule has 0 saturated carbocycles. The number of carbonyl (C=O) groups is 1. The number of thiophene rings is 1. The van der Waals surface area contributed by atoms with E-state index in [-0.39, 0.29) is 39.7 Å². The predicted octanol–water partition coefficient (Wildman–Crippen LogP) is 7.66. The standard InChI is InChI=1S/C27H27ClF3N3OS/c1-25(2,3)21-9-8-20(36-21)22-15(13-32)24(33)34(18-11-26(4,5)12-19(35)23(18)22)17-10-14(27(29,30)31)6-7-16(17)28/h6-10,22H,11-12,33H2,1-5H3/t22-/m1/s1. The normalized spacial score (nSPS) is 20.5. The van der Waals surface area contributed by atoms with Gasteiger partial charge in [0.2, 0.25) is 0 Å². The van der Waals surface area contributed by atoms with Crippen molar-refractivity contribution in [1.82, 2.24) is 0 Å². The van der Waals surface area contributed by atoms with Crippen LogP contribution >= 0.6 is 22.9 Å². The van der Waals surface area contributed by atoms with E-state index in [1.165, 1.54) is 16.2 Å². The number of nitrogens with two attached hydrogens (primary N) is 1. The van der Waals surface area contributed by atoms with E-state index in [1.807, 2.05) is 26.0 Å². The molecule has 1 aliphatic heterocycles. The van der Waals surface area contributed by atoms with E-state index in [0.29, 0.717) is 17.7 Å². The third kappa shape index (κ3) is 4.55. The summed E-state index contributed by atoms with van der Waals surface area (Å²) in [6, 6.07) is 9.03. The summed E-state index contributed by atoms with van der Waals surface area (Å²) in [4.78, 5) is 16.9. The molecule has 0 fully saturated rings. The van der Waals surface area contributed by atoms with Crippen molar-refractivity contribution < 1.29 is 18.0 Å². The van der Waals surface area contributed by atoms with Crippen molar-refractivity contribution in [3.63, 3.8) is 0 Å². The molecule has 2 N–H and O–H groups in total. The summed E-state index contributed by atoms with van der Waals surface area (Å²) >= 11 is 7.92. The fourth-order valence-corrected chi connectivity index (χ4v) is 6.23. The minimum Gasteiger partial charge on any atom is -0.384 e. The first-order valence-electron chi connectivity index (χ1n) is 11.5. The number of allylic oxidation sites excluding steroid dienone is 3. The molecule has 190 valence electrons. The van der Waals surface area contributed by atoms with Gasteiger partial charge < -0.3 is 5.73 Å². The Bertz CT molecular complexity index is 1360. The maximum atomic E-state index is 13.6. The van der Waals surface area contributed by atoms with Crippen molar-refractivity contribution in [2.45, 2.75) is 65.0 Å². The molecule has 0 spiro atoms. The lowest BCUT2D eigenvalue weighted by atomic mass is 9.69. The van der Waals surface area contributed by atoms with E-state index in [0.717, 1.165) is 28.0 Å². The summed E-state index contributed by atoms with van der Waals surface area (Å²) in [6.07, 6.45) is -3.97. The average molecular weight is 534 g/mol. The molecular weight excluding hydrogens is 507 g/mol. The number of anilines is 1. The maximum Gasteiger partial charge on any atom is 0.416 e. The molecule has 2 aliphatic rings. The van der Waals surface area contributed by atoms with Crippen LogP contribution in [0.2, 0.25) is 5.02 Å². The Balaban J connectivity index is 2.01. The van der Waals surface area contributed by atoms with Gasteiger partial charge in [-0.25, -0.2) is 0 Å². The largest absolute Gasteiger partial charge is 0.416 e. The minimum atomic E-state index is -4.60. The molecule has 1 aromatic carbocycles. The molecule has 36 heavy (non-hydrogen) atoms. The highest BCUT2D eigenvalue weighted by Gasteiger charge is 2.46.